The molecule has 0 bridgehead atoms. The topological polar surface area (TPSA) is 46.2 Å². The summed E-state index contributed by atoms with van der Waals surface area (Å²) in [6.07, 6.45) is 5.05. The number of hydrogen-bond acceptors (Lipinski definition) is 3. The van der Waals surface area contributed by atoms with Gasteiger partial charge in [-0.2, -0.15) is 0 Å². The molecule has 3 nitrogen and oxygen atoms in total. The van der Waals surface area contributed by atoms with Gasteiger partial charge in [-0.25, -0.2) is 0 Å². The molecule has 1 aromatic rings. The van der Waals surface area contributed by atoms with Crippen LogP contribution < -0.4 is 5.32 Å². The van der Waals surface area contributed by atoms with Crippen molar-refractivity contribution < 1.29 is 9.59 Å². The van der Waals surface area contributed by atoms with Crippen LogP contribution in [0.2, 0.25) is 0 Å². The number of amides is 1. The van der Waals surface area contributed by atoms with Crippen molar-refractivity contribution in [2.24, 2.45) is 0 Å². The highest BCUT2D eigenvalue weighted by Gasteiger charge is 2.18. The molecule has 0 unspecified atom stereocenters. The van der Waals surface area contributed by atoms with Crippen LogP contribution in [0.4, 0.5) is 5.69 Å². The van der Waals surface area contributed by atoms with Gasteiger partial charge in [-0.1, -0.05) is 25.0 Å². The molecule has 0 aliphatic heterocycles. The lowest BCUT2D eigenvalue weighted by atomic mass is 10.2. The summed E-state index contributed by atoms with van der Waals surface area (Å²) in [7, 11) is 0. The van der Waals surface area contributed by atoms with E-state index in [-0.39, 0.29) is 18.1 Å². The second-order valence-electron chi connectivity index (χ2n) is 4.95. The molecule has 1 fully saturated rings. The van der Waals surface area contributed by atoms with E-state index in [2.05, 4.69) is 5.32 Å². The Morgan fingerprint density at radius 2 is 1.95 bits per heavy atom. The van der Waals surface area contributed by atoms with Crippen LogP contribution in [-0.2, 0) is 9.59 Å². The SMILES string of the molecule is CC(=O)CC(=O)Nc1ccccc1SC1CCCC1. The van der Waals surface area contributed by atoms with Gasteiger partial charge >= 0.3 is 0 Å². The number of nitrogens with one attached hydrogen (secondary N) is 1. The van der Waals surface area contributed by atoms with E-state index in [1.165, 1.54) is 32.6 Å². The van der Waals surface area contributed by atoms with Gasteiger partial charge in [0.1, 0.15) is 5.78 Å². The van der Waals surface area contributed by atoms with E-state index in [9.17, 15) is 9.59 Å². The van der Waals surface area contributed by atoms with Crippen LogP contribution in [0.25, 0.3) is 0 Å². The van der Waals surface area contributed by atoms with Gasteiger partial charge in [0.05, 0.1) is 12.1 Å². The average molecular weight is 277 g/mol. The zero-order valence-corrected chi connectivity index (χ0v) is 12.0. The maximum atomic E-state index is 11.7. The van der Waals surface area contributed by atoms with E-state index in [1.807, 2.05) is 36.0 Å². The van der Waals surface area contributed by atoms with E-state index in [4.69, 9.17) is 0 Å². The zero-order chi connectivity index (χ0) is 13.7. The lowest BCUT2D eigenvalue weighted by Gasteiger charge is -2.13. The van der Waals surface area contributed by atoms with Crippen LogP contribution >= 0.6 is 11.8 Å². The highest BCUT2D eigenvalue weighted by Crippen LogP contribution is 2.37. The Morgan fingerprint density at radius 1 is 1.26 bits per heavy atom. The Bertz CT molecular complexity index is 467. The molecule has 1 aliphatic carbocycles. The van der Waals surface area contributed by atoms with E-state index in [0.717, 1.165) is 10.6 Å². The predicted octanol–water partition coefficient (Wildman–Crippen LogP) is 3.64. The Hall–Kier alpha value is -1.29. The Balaban J connectivity index is 2.02. The van der Waals surface area contributed by atoms with E-state index in [0.29, 0.717) is 5.25 Å². The smallest absolute Gasteiger partial charge is 0.231 e. The maximum absolute atomic E-state index is 11.7. The first-order chi connectivity index (χ1) is 9.15. The molecular formula is C15H19NO2S. The Morgan fingerprint density at radius 3 is 2.63 bits per heavy atom. The third-order valence-electron chi connectivity index (χ3n) is 3.17. The molecule has 1 aliphatic rings. The van der Waals surface area contributed by atoms with Crippen LogP contribution in [0, 0.1) is 0 Å². The molecule has 0 saturated heterocycles. The van der Waals surface area contributed by atoms with Crippen LogP contribution in [0.15, 0.2) is 29.2 Å². The molecule has 19 heavy (non-hydrogen) atoms. The number of Topliss-reactive ketones (excluding diaryl/α,β-unsaturated/α-hetero) is 1. The summed E-state index contributed by atoms with van der Waals surface area (Å²) >= 11 is 1.84. The molecule has 1 amide bonds. The van der Waals surface area contributed by atoms with Gasteiger partial charge in [0.25, 0.3) is 0 Å². The molecule has 1 N–H and O–H groups in total. The molecule has 4 heteroatoms. The maximum Gasteiger partial charge on any atom is 0.231 e. The van der Waals surface area contributed by atoms with Gasteiger partial charge in [-0.3, -0.25) is 9.59 Å². The molecule has 0 spiro atoms. The number of hydrogen-bond donors (Lipinski definition) is 1. The molecule has 2 rings (SSSR count). The molecule has 0 radical (unpaired) electrons. The van der Waals surface area contributed by atoms with Crippen molar-refractivity contribution in [3.63, 3.8) is 0 Å². The summed E-state index contributed by atoms with van der Waals surface area (Å²) in [6, 6.07) is 7.82. The first kappa shape index (κ1) is 14.1. The van der Waals surface area contributed by atoms with Crippen molar-refractivity contribution >= 4 is 29.1 Å². The fourth-order valence-corrected chi connectivity index (χ4v) is 3.61. The fraction of sp³-hybridized carbons (Fsp3) is 0.467. The summed E-state index contributed by atoms with van der Waals surface area (Å²) < 4.78 is 0. The number of rotatable bonds is 5. The second kappa shape index (κ2) is 6.75. The van der Waals surface area contributed by atoms with Crippen molar-refractivity contribution in [1.29, 1.82) is 0 Å². The van der Waals surface area contributed by atoms with Crippen molar-refractivity contribution in [2.75, 3.05) is 5.32 Å². The predicted molar refractivity (Wildman–Crippen MR) is 78.5 cm³/mol. The number of benzene rings is 1. The van der Waals surface area contributed by atoms with Gasteiger partial charge in [0.2, 0.25) is 5.91 Å². The first-order valence-corrected chi connectivity index (χ1v) is 7.58. The van der Waals surface area contributed by atoms with Crippen LogP contribution in [0.5, 0.6) is 0 Å². The van der Waals surface area contributed by atoms with E-state index < -0.39 is 0 Å². The summed E-state index contributed by atoms with van der Waals surface area (Å²) in [5, 5.41) is 3.49. The highest BCUT2D eigenvalue weighted by molar-refractivity contribution is 8.00. The van der Waals surface area contributed by atoms with Crippen LogP contribution in [0.3, 0.4) is 0 Å². The van der Waals surface area contributed by atoms with Crippen molar-refractivity contribution in [3.8, 4) is 0 Å². The number of carbonyl (C=O) groups excluding carboxylic acids is 2. The minimum Gasteiger partial charge on any atom is -0.325 e. The minimum absolute atomic E-state index is 0.0531. The van der Waals surface area contributed by atoms with Crippen molar-refractivity contribution in [1.82, 2.24) is 0 Å². The summed E-state index contributed by atoms with van der Waals surface area (Å²) in [5.74, 6) is -0.342. The highest BCUT2D eigenvalue weighted by atomic mass is 32.2. The lowest BCUT2D eigenvalue weighted by molar-refractivity contribution is -0.124. The molecule has 102 valence electrons. The summed E-state index contributed by atoms with van der Waals surface area (Å²) in [6.45, 7) is 1.43. The third-order valence-corrected chi connectivity index (χ3v) is 4.58. The quantitative estimate of drug-likeness (QED) is 0.836. The van der Waals surface area contributed by atoms with Gasteiger partial charge in [0, 0.05) is 10.1 Å². The lowest BCUT2D eigenvalue weighted by Crippen LogP contribution is -2.15. The number of ketones is 1. The van der Waals surface area contributed by atoms with Crippen LogP contribution in [-0.4, -0.2) is 16.9 Å². The standard InChI is InChI=1S/C15H19NO2S/c1-11(17)10-15(18)16-13-8-4-5-9-14(13)19-12-6-2-3-7-12/h4-5,8-9,12H,2-3,6-7,10H2,1H3,(H,16,18). The molecule has 1 aromatic carbocycles. The molecular weight excluding hydrogens is 258 g/mol. The van der Waals surface area contributed by atoms with Gasteiger partial charge in [-0.05, 0) is 31.9 Å². The summed E-state index contributed by atoms with van der Waals surface area (Å²) in [4.78, 5) is 23.7. The number of para-hydroxylation sites is 1. The van der Waals surface area contributed by atoms with Gasteiger partial charge < -0.3 is 5.32 Å². The van der Waals surface area contributed by atoms with Crippen molar-refractivity contribution in [3.05, 3.63) is 24.3 Å². The Labute approximate surface area is 118 Å². The normalized spacial score (nSPS) is 15.4. The first-order valence-electron chi connectivity index (χ1n) is 6.70. The number of anilines is 1. The van der Waals surface area contributed by atoms with Gasteiger partial charge in [0.15, 0.2) is 0 Å². The average Bonchev–Trinajstić information content (AvgIpc) is 2.83. The molecule has 0 atom stereocenters. The number of carbonyl (C=O) groups is 2. The molecule has 0 aromatic heterocycles. The third kappa shape index (κ3) is 4.39. The second-order valence-corrected chi connectivity index (χ2v) is 6.29. The van der Waals surface area contributed by atoms with E-state index >= 15 is 0 Å². The monoisotopic (exact) mass is 277 g/mol. The zero-order valence-electron chi connectivity index (χ0n) is 11.1. The molecule has 1 saturated carbocycles. The number of thioether (sulfide) groups is 1. The van der Waals surface area contributed by atoms with Crippen molar-refractivity contribution in [2.45, 2.75) is 49.2 Å². The van der Waals surface area contributed by atoms with E-state index in [1.54, 1.807) is 0 Å². The van der Waals surface area contributed by atoms with Crippen LogP contribution in [0.1, 0.15) is 39.0 Å². The fourth-order valence-electron chi connectivity index (χ4n) is 2.28. The minimum atomic E-state index is -0.230. The largest absolute Gasteiger partial charge is 0.325 e. The summed E-state index contributed by atoms with van der Waals surface area (Å²) in [5.41, 5.74) is 0.825. The Kier molecular flexibility index (Phi) is 5.02. The van der Waals surface area contributed by atoms with Gasteiger partial charge in [-0.15, -0.1) is 11.8 Å². The molecule has 0 heterocycles.